The summed E-state index contributed by atoms with van der Waals surface area (Å²) in [7, 11) is 1.90. The molecule has 0 radical (unpaired) electrons. The van der Waals surface area contributed by atoms with Gasteiger partial charge in [-0.05, 0) is 36.8 Å². The van der Waals surface area contributed by atoms with Gasteiger partial charge in [0.25, 0.3) is 0 Å². The fourth-order valence-electron chi connectivity index (χ4n) is 1.98. The molecule has 0 aromatic heterocycles. The highest BCUT2D eigenvalue weighted by atomic mass is 35.5. The normalized spacial score (nSPS) is 13.8. The number of nitrogens with two attached hydrogens (primary N) is 1. The Labute approximate surface area is 115 Å². The molecule has 0 atom stereocenters. The van der Waals surface area contributed by atoms with E-state index in [4.69, 9.17) is 5.73 Å². The molecular formula is C14H21ClN2O. The molecule has 1 aliphatic carbocycles. The Hall–Kier alpha value is -1.22. The minimum absolute atomic E-state index is 0. The summed E-state index contributed by atoms with van der Waals surface area (Å²) in [6, 6.07) is 7.75. The monoisotopic (exact) mass is 268 g/mol. The third-order valence-electron chi connectivity index (χ3n) is 3.32. The molecule has 2 rings (SSSR count). The van der Waals surface area contributed by atoms with Crippen molar-refractivity contribution in [3.05, 3.63) is 29.8 Å². The van der Waals surface area contributed by atoms with Gasteiger partial charge in [0.05, 0.1) is 0 Å². The Morgan fingerprint density at radius 3 is 2.67 bits per heavy atom. The summed E-state index contributed by atoms with van der Waals surface area (Å²) in [6.07, 6.45) is 3.85. The minimum Gasteiger partial charge on any atom is -0.399 e. The van der Waals surface area contributed by atoms with Crippen LogP contribution in [0.3, 0.4) is 0 Å². The van der Waals surface area contributed by atoms with Gasteiger partial charge in [-0.25, -0.2) is 0 Å². The Morgan fingerprint density at radius 2 is 2.06 bits per heavy atom. The Kier molecular flexibility index (Phi) is 5.48. The third-order valence-corrected chi connectivity index (χ3v) is 3.32. The molecule has 0 heterocycles. The number of benzene rings is 1. The van der Waals surface area contributed by atoms with E-state index in [2.05, 4.69) is 0 Å². The van der Waals surface area contributed by atoms with Gasteiger partial charge in [-0.1, -0.05) is 18.2 Å². The molecule has 4 heteroatoms. The van der Waals surface area contributed by atoms with Crippen molar-refractivity contribution in [2.75, 3.05) is 19.3 Å². The highest BCUT2D eigenvalue weighted by molar-refractivity contribution is 5.85. The Morgan fingerprint density at radius 1 is 1.39 bits per heavy atom. The van der Waals surface area contributed by atoms with E-state index in [0.717, 1.165) is 30.1 Å². The number of amides is 1. The van der Waals surface area contributed by atoms with Crippen LogP contribution in [0.4, 0.5) is 5.69 Å². The Balaban J connectivity index is 0.00000162. The van der Waals surface area contributed by atoms with Crippen LogP contribution in [0.2, 0.25) is 0 Å². The molecule has 0 aliphatic heterocycles. The van der Waals surface area contributed by atoms with Crippen LogP contribution in [0.15, 0.2) is 24.3 Å². The van der Waals surface area contributed by atoms with Gasteiger partial charge in [0.2, 0.25) is 5.91 Å². The van der Waals surface area contributed by atoms with Crippen LogP contribution in [0.5, 0.6) is 0 Å². The molecular weight excluding hydrogens is 248 g/mol. The van der Waals surface area contributed by atoms with E-state index < -0.39 is 0 Å². The van der Waals surface area contributed by atoms with Crippen molar-refractivity contribution in [1.29, 1.82) is 0 Å². The lowest BCUT2D eigenvalue weighted by atomic mass is 10.1. The largest absolute Gasteiger partial charge is 0.399 e. The molecule has 1 aromatic rings. The molecule has 1 saturated carbocycles. The van der Waals surface area contributed by atoms with Gasteiger partial charge in [0.15, 0.2) is 0 Å². The minimum atomic E-state index is 0. The number of nitrogens with zero attached hydrogens (tertiary/aromatic N) is 1. The van der Waals surface area contributed by atoms with Crippen LogP contribution >= 0.6 is 12.4 Å². The average molecular weight is 269 g/mol. The first-order chi connectivity index (χ1) is 8.16. The molecule has 2 N–H and O–H groups in total. The molecule has 0 saturated heterocycles. The molecule has 3 nitrogen and oxygen atoms in total. The van der Waals surface area contributed by atoms with Crippen LogP contribution in [0.25, 0.3) is 0 Å². The van der Waals surface area contributed by atoms with Gasteiger partial charge >= 0.3 is 0 Å². The lowest BCUT2D eigenvalue weighted by Gasteiger charge is -2.16. The maximum atomic E-state index is 11.9. The molecule has 1 fully saturated rings. The second-order valence-corrected chi connectivity index (χ2v) is 4.92. The van der Waals surface area contributed by atoms with Gasteiger partial charge in [-0.15, -0.1) is 12.4 Å². The highest BCUT2D eigenvalue weighted by Crippen LogP contribution is 2.29. The van der Waals surface area contributed by atoms with Crippen LogP contribution in [-0.4, -0.2) is 24.4 Å². The van der Waals surface area contributed by atoms with E-state index >= 15 is 0 Å². The van der Waals surface area contributed by atoms with Crippen LogP contribution in [0, 0.1) is 5.92 Å². The van der Waals surface area contributed by atoms with Gasteiger partial charge in [-0.3, -0.25) is 4.79 Å². The third kappa shape index (κ3) is 4.22. The molecule has 0 unspecified atom stereocenters. The number of halogens is 1. The SMILES string of the molecule is CN(CC1CC1)C(=O)CCc1ccccc1N.Cl. The second-order valence-electron chi connectivity index (χ2n) is 4.92. The van der Waals surface area contributed by atoms with Gasteiger partial charge in [0, 0.05) is 25.7 Å². The van der Waals surface area contributed by atoms with Gasteiger partial charge < -0.3 is 10.6 Å². The number of carbonyl (C=O) groups is 1. The predicted octanol–water partition coefficient (Wildman–Crippen LogP) is 2.49. The maximum Gasteiger partial charge on any atom is 0.222 e. The molecule has 0 spiro atoms. The second kappa shape index (κ2) is 6.64. The molecule has 1 amide bonds. The summed E-state index contributed by atoms with van der Waals surface area (Å²) in [5.41, 5.74) is 7.70. The quantitative estimate of drug-likeness (QED) is 0.834. The topological polar surface area (TPSA) is 46.3 Å². The number of hydrogen-bond acceptors (Lipinski definition) is 2. The molecule has 100 valence electrons. The number of carbonyl (C=O) groups excluding carboxylic acids is 1. The standard InChI is InChI=1S/C14H20N2O.ClH/c1-16(10-11-6-7-11)14(17)9-8-12-4-2-3-5-13(12)15;/h2-5,11H,6-10,15H2,1H3;1H. The first kappa shape index (κ1) is 14.8. The average Bonchev–Trinajstić information content (AvgIpc) is 3.11. The summed E-state index contributed by atoms with van der Waals surface area (Å²) in [4.78, 5) is 13.7. The van der Waals surface area contributed by atoms with E-state index in [1.54, 1.807) is 0 Å². The van der Waals surface area contributed by atoms with Crippen molar-refractivity contribution >= 4 is 24.0 Å². The summed E-state index contributed by atoms with van der Waals surface area (Å²) in [5.74, 6) is 0.978. The molecule has 0 bridgehead atoms. The van der Waals surface area contributed by atoms with E-state index in [1.165, 1.54) is 12.8 Å². The summed E-state index contributed by atoms with van der Waals surface area (Å²) < 4.78 is 0. The predicted molar refractivity (Wildman–Crippen MR) is 76.8 cm³/mol. The molecule has 18 heavy (non-hydrogen) atoms. The van der Waals surface area contributed by atoms with Crippen molar-refractivity contribution in [3.8, 4) is 0 Å². The van der Waals surface area contributed by atoms with Crippen molar-refractivity contribution in [2.45, 2.75) is 25.7 Å². The van der Waals surface area contributed by atoms with E-state index in [0.29, 0.717) is 6.42 Å². The van der Waals surface area contributed by atoms with Crippen LogP contribution < -0.4 is 5.73 Å². The van der Waals surface area contributed by atoms with Gasteiger partial charge in [0.1, 0.15) is 0 Å². The maximum absolute atomic E-state index is 11.9. The van der Waals surface area contributed by atoms with E-state index in [1.807, 2.05) is 36.2 Å². The molecule has 1 aromatic carbocycles. The number of anilines is 1. The number of hydrogen-bond donors (Lipinski definition) is 1. The van der Waals surface area contributed by atoms with Gasteiger partial charge in [-0.2, -0.15) is 0 Å². The van der Waals surface area contributed by atoms with E-state index in [-0.39, 0.29) is 18.3 Å². The van der Waals surface area contributed by atoms with Crippen LogP contribution in [0.1, 0.15) is 24.8 Å². The zero-order valence-corrected chi connectivity index (χ0v) is 11.6. The first-order valence-electron chi connectivity index (χ1n) is 6.24. The van der Waals surface area contributed by atoms with Crippen molar-refractivity contribution < 1.29 is 4.79 Å². The number of nitrogen functional groups attached to an aromatic ring is 1. The lowest BCUT2D eigenvalue weighted by molar-refractivity contribution is -0.130. The first-order valence-corrected chi connectivity index (χ1v) is 6.24. The highest BCUT2D eigenvalue weighted by Gasteiger charge is 2.24. The van der Waals surface area contributed by atoms with Crippen molar-refractivity contribution in [3.63, 3.8) is 0 Å². The lowest BCUT2D eigenvalue weighted by Crippen LogP contribution is -2.28. The summed E-state index contributed by atoms with van der Waals surface area (Å²) in [5, 5.41) is 0. The summed E-state index contributed by atoms with van der Waals surface area (Å²) >= 11 is 0. The summed E-state index contributed by atoms with van der Waals surface area (Å²) in [6.45, 7) is 0.920. The van der Waals surface area contributed by atoms with E-state index in [9.17, 15) is 4.79 Å². The zero-order valence-electron chi connectivity index (χ0n) is 10.8. The smallest absolute Gasteiger partial charge is 0.222 e. The van der Waals surface area contributed by atoms with Crippen LogP contribution in [-0.2, 0) is 11.2 Å². The number of rotatable bonds is 5. The van der Waals surface area contributed by atoms with Crippen molar-refractivity contribution in [2.24, 2.45) is 5.92 Å². The fourth-order valence-corrected chi connectivity index (χ4v) is 1.98. The Bertz CT molecular complexity index is 405. The number of para-hydroxylation sites is 1. The van der Waals surface area contributed by atoms with Crippen molar-refractivity contribution in [1.82, 2.24) is 4.90 Å². The zero-order chi connectivity index (χ0) is 12.3. The number of aryl methyl sites for hydroxylation is 1. The molecule has 1 aliphatic rings. The fraction of sp³-hybridized carbons (Fsp3) is 0.500.